The lowest BCUT2D eigenvalue weighted by Crippen LogP contribution is -3.17. The van der Waals surface area contributed by atoms with E-state index >= 15 is 0 Å². The number of nitrogens with one attached hydrogen (secondary N) is 2. The van der Waals surface area contributed by atoms with Crippen LogP contribution in [0.1, 0.15) is 36.3 Å². The van der Waals surface area contributed by atoms with Crippen LogP contribution in [0.5, 0.6) is 0 Å². The highest BCUT2D eigenvalue weighted by molar-refractivity contribution is 7.18. The fourth-order valence-electron chi connectivity index (χ4n) is 4.08. The van der Waals surface area contributed by atoms with Gasteiger partial charge in [0.05, 0.1) is 29.2 Å². The number of piperidine rings is 1. The maximum Gasteiger partial charge on any atom is 0.278 e. The van der Waals surface area contributed by atoms with Gasteiger partial charge in [0.15, 0.2) is 6.04 Å². The summed E-state index contributed by atoms with van der Waals surface area (Å²) >= 11 is 1.79. The Bertz CT molecular complexity index is 939. The molecule has 0 spiro atoms. The predicted octanol–water partition coefficient (Wildman–Crippen LogP) is 2.95. The van der Waals surface area contributed by atoms with Crippen molar-refractivity contribution in [3.8, 4) is 0 Å². The van der Waals surface area contributed by atoms with Crippen LogP contribution in [0.4, 0.5) is 4.39 Å². The third kappa shape index (κ3) is 4.82. The van der Waals surface area contributed by atoms with Crippen LogP contribution in [0.25, 0.3) is 10.2 Å². The zero-order chi connectivity index (χ0) is 20.2. The number of halogens is 1. The van der Waals surface area contributed by atoms with Crippen LogP contribution < -0.4 is 10.2 Å². The van der Waals surface area contributed by atoms with Crippen molar-refractivity contribution < 1.29 is 14.1 Å². The van der Waals surface area contributed by atoms with Gasteiger partial charge in [0.2, 0.25) is 0 Å². The number of hydrogen-bond donors (Lipinski definition) is 2. The topological polar surface area (TPSA) is 46.4 Å². The minimum Gasteiger partial charge on any atom is -0.351 e. The molecule has 2 heterocycles. The van der Waals surface area contributed by atoms with E-state index in [4.69, 9.17) is 4.98 Å². The number of carbonyl (C=O) groups excluding carboxylic acids is 1. The molecule has 29 heavy (non-hydrogen) atoms. The number of rotatable bonds is 6. The van der Waals surface area contributed by atoms with Crippen molar-refractivity contribution in [1.29, 1.82) is 0 Å². The van der Waals surface area contributed by atoms with E-state index in [2.05, 4.69) is 23.5 Å². The fraction of sp³-hybridized carbons (Fsp3) is 0.391. The van der Waals surface area contributed by atoms with E-state index in [0.29, 0.717) is 18.9 Å². The van der Waals surface area contributed by atoms with Gasteiger partial charge in [-0.15, -0.1) is 11.3 Å². The number of fused-ring (bicyclic) bond motifs is 1. The minimum absolute atomic E-state index is 0.0830. The van der Waals surface area contributed by atoms with Gasteiger partial charge in [0.25, 0.3) is 5.91 Å². The van der Waals surface area contributed by atoms with Crippen LogP contribution in [-0.2, 0) is 11.2 Å². The average molecular weight is 413 g/mol. The number of hydrogen-bond acceptors (Lipinski definition) is 3. The summed E-state index contributed by atoms with van der Waals surface area (Å²) in [7, 11) is 0. The van der Waals surface area contributed by atoms with Gasteiger partial charge >= 0.3 is 0 Å². The SMILES string of the molecule is C[C@H](C(=O)NCCc1ccc(F)cc1)[NH+]1CCC[C@H](c2nc3ccccc3s2)C1. The molecule has 0 saturated carbocycles. The molecule has 1 unspecified atom stereocenters. The highest BCUT2D eigenvalue weighted by atomic mass is 32.1. The highest BCUT2D eigenvalue weighted by Crippen LogP contribution is 2.30. The van der Waals surface area contributed by atoms with E-state index in [-0.39, 0.29) is 17.8 Å². The van der Waals surface area contributed by atoms with Gasteiger partial charge in [-0.2, -0.15) is 0 Å². The van der Waals surface area contributed by atoms with E-state index in [9.17, 15) is 9.18 Å². The Morgan fingerprint density at radius 3 is 2.86 bits per heavy atom. The molecule has 4 rings (SSSR count). The summed E-state index contributed by atoms with van der Waals surface area (Å²) in [4.78, 5) is 18.8. The molecule has 2 N–H and O–H groups in total. The number of aromatic nitrogens is 1. The normalized spacial score (nSPS) is 20.5. The maximum atomic E-state index is 13.0. The summed E-state index contributed by atoms with van der Waals surface area (Å²) in [5.41, 5.74) is 2.10. The number of thiazole rings is 1. The van der Waals surface area contributed by atoms with Gasteiger partial charge in [-0.3, -0.25) is 4.79 Å². The molecule has 3 atom stereocenters. The molecule has 0 radical (unpaired) electrons. The minimum atomic E-state index is -0.234. The van der Waals surface area contributed by atoms with Crippen LogP contribution >= 0.6 is 11.3 Å². The number of amides is 1. The zero-order valence-electron chi connectivity index (χ0n) is 16.7. The van der Waals surface area contributed by atoms with E-state index in [1.165, 1.54) is 26.7 Å². The van der Waals surface area contributed by atoms with E-state index in [1.54, 1.807) is 23.5 Å². The number of quaternary nitrogens is 1. The Morgan fingerprint density at radius 1 is 1.28 bits per heavy atom. The Kier molecular flexibility index (Phi) is 6.21. The van der Waals surface area contributed by atoms with E-state index in [0.717, 1.165) is 37.0 Å². The second-order valence-electron chi connectivity index (χ2n) is 7.86. The van der Waals surface area contributed by atoms with Crippen molar-refractivity contribution in [2.24, 2.45) is 0 Å². The molecule has 0 bridgehead atoms. The van der Waals surface area contributed by atoms with Gasteiger partial charge < -0.3 is 10.2 Å². The first-order valence-corrected chi connectivity index (χ1v) is 11.1. The Morgan fingerprint density at radius 2 is 2.07 bits per heavy atom. The van der Waals surface area contributed by atoms with Crippen LogP contribution in [0.3, 0.4) is 0 Å². The molecular formula is C23H27FN3OS+. The van der Waals surface area contributed by atoms with Crippen LogP contribution in [0.15, 0.2) is 48.5 Å². The van der Waals surface area contributed by atoms with Gasteiger partial charge in [-0.1, -0.05) is 24.3 Å². The molecule has 1 aromatic heterocycles. The summed E-state index contributed by atoms with van der Waals surface area (Å²) in [6.07, 6.45) is 2.97. The summed E-state index contributed by atoms with van der Waals surface area (Å²) < 4.78 is 14.2. The van der Waals surface area contributed by atoms with Crippen molar-refractivity contribution in [3.05, 3.63) is 64.9 Å². The molecular weight excluding hydrogens is 385 g/mol. The van der Waals surface area contributed by atoms with Crippen LogP contribution in [0, 0.1) is 5.82 Å². The largest absolute Gasteiger partial charge is 0.351 e. The smallest absolute Gasteiger partial charge is 0.278 e. The summed E-state index contributed by atoms with van der Waals surface area (Å²) in [6.45, 7) is 4.56. The van der Waals surface area contributed by atoms with Gasteiger partial charge in [-0.25, -0.2) is 9.37 Å². The molecule has 4 nitrogen and oxygen atoms in total. The third-order valence-electron chi connectivity index (χ3n) is 5.85. The second kappa shape index (κ2) is 9.01. The molecule has 1 amide bonds. The average Bonchev–Trinajstić information content (AvgIpc) is 3.19. The molecule has 2 aromatic carbocycles. The van der Waals surface area contributed by atoms with Gasteiger partial charge in [0, 0.05) is 6.54 Å². The van der Waals surface area contributed by atoms with Crippen molar-refractivity contribution in [3.63, 3.8) is 0 Å². The summed E-state index contributed by atoms with van der Waals surface area (Å²) in [5.74, 6) is 0.278. The Hall–Kier alpha value is -2.31. The quantitative estimate of drug-likeness (QED) is 0.654. The van der Waals surface area contributed by atoms with Crippen molar-refractivity contribution in [2.75, 3.05) is 19.6 Å². The van der Waals surface area contributed by atoms with Crippen molar-refractivity contribution in [2.45, 2.75) is 38.1 Å². The molecule has 1 aliphatic heterocycles. The van der Waals surface area contributed by atoms with Gasteiger partial charge in [-0.05, 0) is 56.0 Å². The lowest BCUT2D eigenvalue weighted by molar-refractivity contribution is -0.920. The number of nitrogens with zero attached hydrogens (tertiary/aromatic N) is 1. The molecule has 1 fully saturated rings. The number of para-hydroxylation sites is 1. The highest BCUT2D eigenvalue weighted by Gasteiger charge is 2.32. The number of likely N-dealkylation sites (tertiary alicyclic amines) is 1. The molecule has 1 saturated heterocycles. The first-order valence-electron chi connectivity index (χ1n) is 10.3. The summed E-state index contributed by atoms with van der Waals surface area (Å²) in [6, 6.07) is 14.7. The first-order chi connectivity index (χ1) is 14.1. The third-order valence-corrected chi connectivity index (χ3v) is 7.05. The van der Waals surface area contributed by atoms with Crippen LogP contribution in [0.2, 0.25) is 0 Å². The standard InChI is InChI=1S/C23H26FN3OS/c1-16(22(28)25-13-12-17-8-10-19(24)11-9-17)27-14-4-5-18(15-27)23-26-20-6-2-3-7-21(20)29-23/h2-3,6-11,16,18H,4-5,12-15H2,1H3,(H,25,28)/p+1/t16-,18+/m1/s1. The molecule has 6 heteroatoms. The predicted molar refractivity (Wildman–Crippen MR) is 115 cm³/mol. The monoisotopic (exact) mass is 412 g/mol. The summed E-state index contributed by atoms with van der Waals surface area (Å²) in [5, 5.41) is 4.25. The molecule has 152 valence electrons. The van der Waals surface area contributed by atoms with Crippen molar-refractivity contribution in [1.82, 2.24) is 10.3 Å². The second-order valence-corrected chi connectivity index (χ2v) is 8.92. The zero-order valence-corrected chi connectivity index (χ0v) is 17.5. The number of benzene rings is 2. The van der Waals surface area contributed by atoms with Crippen molar-refractivity contribution >= 4 is 27.5 Å². The van der Waals surface area contributed by atoms with Crippen LogP contribution in [-0.4, -0.2) is 36.6 Å². The number of carbonyl (C=O) groups is 1. The molecule has 1 aliphatic rings. The fourth-order valence-corrected chi connectivity index (χ4v) is 5.19. The molecule has 3 aromatic rings. The van der Waals surface area contributed by atoms with E-state index < -0.39 is 0 Å². The molecule has 0 aliphatic carbocycles. The lowest BCUT2D eigenvalue weighted by atomic mass is 9.97. The maximum absolute atomic E-state index is 13.0. The Balaban J connectivity index is 1.32. The Labute approximate surface area is 174 Å². The first kappa shape index (κ1) is 20.0. The van der Waals surface area contributed by atoms with Gasteiger partial charge in [0.1, 0.15) is 10.8 Å². The van der Waals surface area contributed by atoms with E-state index in [1.807, 2.05) is 13.0 Å². The lowest BCUT2D eigenvalue weighted by Gasteiger charge is -2.32.